The number of hydrogen-bond acceptors (Lipinski definition) is 6. The van der Waals surface area contributed by atoms with Gasteiger partial charge in [0.15, 0.2) is 0 Å². The second-order valence-corrected chi connectivity index (χ2v) is 7.24. The molecular weight excluding hydrogens is 429 g/mol. The lowest BCUT2D eigenvalue weighted by Crippen LogP contribution is -2.19. The molecule has 0 amide bonds. The lowest BCUT2D eigenvalue weighted by molar-refractivity contribution is 0.0587. The number of ether oxygens (including phenoxy) is 2. The Kier molecular flexibility index (Phi) is 7.22. The molecule has 0 saturated carbocycles. The summed E-state index contributed by atoms with van der Waals surface area (Å²) in [6, 6.07) is 9.79. The molecule has 0 spiro atoms. The Labute approximate surface area is 189 Å². The fraction of sp³-hybridized carbons (Fsp3) is 0.250. The number of carbonyl (C=O) groups excluding carboxylic acids is 2. The molecule has 3 rings (SSSR count). The monoisotopic (exact) mass is 453 g/mol. The summed E-state index contributed by atoms with van der Waals surface area (Å²) in [5.74, 6) is -1.64. The number of benzene rings is 2. The van der Waals surface area contributed by atoms with Gasteiger partial charge in [-0.2, -0.15) is 0 Å². The van der Waals surface area contributed by atoms with Crippen LogP contribution < -0.4 is 5.56 Å². The number of aromatic amines is 1. The van der Waals surface area contributed by atoms with E-state index in [2.05, 4.69) is 10.1 Å². The molecule has 2 aromatic carbocycles. The van der Waals surface area contributed by atoms with Crippen molar-refractivity contribution in [2.24, 2.45) is 4.99 Å². The number of aryl methyl sites for hydroxylation is 1. The Morgan fingerprint density at radius 1 is 1.06 bits per heavy atom. The van der Waals surface area contributed by atoms with Crippen molar-refractivity contribution in [3.05, 3.63) is 81.0 Å². The van der Waals surface area contributed by atoms with E-state index in [1.807, 2.05) is 6.92 Å². The molecule has 0 aliphatic rings. The Morgan fingerprint density at radius 3 is 2.33 bits per heavy atom. The van der Waals surface area contributed by atoms with Gasteiger partial charge in [0.2, 0.25) is 0 Å². The number of aromatic nitrogens is 2. The highest BCUT2D eigenvalue weighted by atomic mass is 19.1. The lowest BCUT2D eigenvalue weighted by atomic mass is 10.1. The summed E-state index contributed by atoms with van der Waals surface area (Å²) in [5, 5.41) is 3.08. The van der Waals surface area contributed by atoms with Gasteiger partial charge in [-0.3, -0.25) is 14.9 Å². The summed E-state index contributed by atoms with van der Waals surface area (Å²) in [7, 11) is 2.49. The molecule has 0 unspecified atom stereocenters. The number of nitrogens with zero attached hydrogens (tertiary/aromatic N) is 2. The first-order chi connectivity index (χ1) is 15.8. The van der Waals surface area contributed by atoms with Crippen molar-refractivity contribution in [3.8, 4) is 5.69 Å². The highest BCUT2D eigenvalue weighted by Crippen LogP contribution is 2.24. The van der Waals surface area contributed by atoms with Crippen LogP contribution in [0.3, 0.4) is 0 Å². The smallest absolute Gasteiger partial charge is 0.340 e. The topological polar surface area (TPSA) is 103 Å². The molecule has 3 aromatic rings. The maximum Gasteiger partial charge on any atom is 0.340 e. The Balaban J connectivity index is 2.18. The predicted octanol–water partition coefficient (Wildman–Crippen LogP) is 3.97. The zero-order chi connectivity index (χ0) is 24.1. The lowest BCUT2D eigenvalue weighted by Gasteiger charge is -2.08. The van der Waals surface area contributed by atoms with E-state index in [4.69, 9.17) is 9.47 Å². The van der Waals surface area contributed by atoms with E-state index >= 15 is 0 Å². The van der Waals surface area contributed by atoms with Crippen LogP contribution in [0.25, 0.3) is 5.69 Å². The van der Waals surface area contributed by atoms with Crippen LogP contribution >= 0.6 is 0 Å². The van der Waals surface area contributed by atoms with Crippen LogP contribution in [0.5, 0.6) is 0 Å². The number of methoxy groups -OCH3 is 2. The molecule has 0 saturated heterocycles. The van der Waals surface area contributed by atoms with Crippen LogP contribution in [0.2, 0.25) is 0 Å². The minimum atomic E-state index is -0.635. The van der Waals surface area contributed by atoms with Crippen molar-refractivity contribution in [1.29, 1.82) is 0 Å². The molecule has 0 atom stereocenters. The van der Waals surface area contributed by atoms with Gasteiger partial charge in [-0.05, 0) is 55.8 Å². The number of esters is 2. The summed E-state index contributed by atoms with van der Waals surface area (Å²) in [6.45, 7) is 3.61. The van der Waals surface area contributed by atoms with Gasteiger partial charge in [-0.1, -0.05) is 13.3 Å². The molecule has 1 aromatic heterocycles. The van der Waals surface area contributed by atoms with Crippen LogP contribution in [-0.4, -0.2) is 41.7 Å². The number of hydrogen-bond donors (Lipinski definition) is 1. The average molecular weight is 453 g/mol. The van der Waals surface area contributed by atoms with Gasteiger partial charge in [0.25, 0.3) is 5.56 Å². The van der Waals surface area contributed by atoms with Crippen LogP contribution in [0, 0.1) is 5.82 Å². The Bertz CT molecular complexity index is 1270. The quantitative estimate of drug-likeness (QED) is 0.431. The molecule has 172 valence electrons. The second-order valence-electron chi connectivity index (χ2n) is 7.24. The third-order valence-electron chi connectivity index (χ3n) is 5.02. The summed E-state index contributed by atoms with van der Waals surface area (Å²) in [5.41, 5.74) is 1.93. The number of carbonyl (C=O) groups is 2. The summed E-state index contributed by atoms with van der Waals surface area (Å²) >= 11 is 0. The van der Waals surface area contributed by atoms with Gasteiger partial charge < -0.3 is 9.47 Å². The number of nitrogens with one attached hydrogen (secondary N) is 1. The molecule has 0 radical (unpaired) electrons. The van der Waals surface area contributed by atoms with Crippen molar-refractivity contribution in [2.75, 3.05) is 14.2 Å². The third-order valence-corrected chi connectivity index (χ3v) is 5.02. The molecule has 1 heterocycles. The molecular formula is C24H24FN3O5. The van der Waals surface area contributed by atoms with Gasteiger partial charge in [-0.15, -0.1) is 0 Å². The average Bonchev–Trinajstić information content (AvgIpc) is 3.14. The van der Waals surface area contributed by atoms with E-state index in [9.17, 15) is 18.8 Å². The first kappa shape index (κ1) is 23.6. The SMILES string of the molecule is CCCc1[nH]n(-c2ccc(F)cc2)c(=O)c1C(C)=Nc1cc(C(=O)OC)ccc1C(=O)OC. The first-order valence-corrected chi connectivity index (χ1v) is 10.3. The van der Waals surface area contributed by atoms with Crippen LogP contribution in [0.4, 0.5) is 10.1 Å². The van der Waals surface area contributed by atoms with Crippen molar-refractivity contribution in [2.45, 2.75) is 26.7 Å². The molecule has 0 aliphatic heterocycles. The van der Waals surface area contributed by atoms with Gasteiger partial charge in [0.05, 0.1) is 48.0 Å². The maximum absolute atomic E-state index is 13.3. The number of H-pyrrole nitrogens is 1. The zero-order valence-electron chi connectivity index (χ0n) is 18.8. The van der Waals surface area contributed by atoms with E-state index in [0.717, 1.165) is 6.42 Å². The van der Waals surface area contributed by atoms with E-state index in [1.165, 1.54) is 61.4 Å². The molecule has 1 N–H and O–H groups in total. The fourth-order valence-corrected chi connectivity index (χ4v) is 3.45. The molecule has 0 bridgehead atoms. The van der Waals surface area contributed by atoms with E-state index in [-0.39, 0.29) is 22.4 Å². The Morgan fingerprint density at radius 2 is 1.73 bits per heavy atom. The largest absolute Gasteiger partial charge is 0.465 e. The van der Waals surface area contributed by atoms with Crippen molar-refractivity contribution in [1.82, 2.24) is 9.78 Å². The zero-order valence-corrected chi connectivity index (χ0v) is 18.8. The Hall–Kier alpha value is -4.01. The predicted molar refractivity (Wildman–Crippen MR) is 121 cm³/mol. The maximum atomic E-state index is 13.3. The third kappa shape index (κ3) is 4.92. The normalized spacial score (nSPS) is 11.4. The molecule has 0 aliphatic carbocycles. The first-order valence-electron chi connectivity index (χ1n) is 10.3. The minimum absolute atomic E-state index is 0.135. The molecule has 0 fully saturated rings. The highest BCUT2D eigenvalue weighted by molar-refractivity contribution is 6.04. The highest BCUT2D eigenvalue weighted by Gasteiger charge is 2.20. The van der Waals surface area contributed by atoms with Crippen LogP contribution in [-0.2, 0) is 15.9 Å². The van der Waals surface area contributed by atoms with Gasteiger partial charge in [0.1, 0.15) is 5.82 Å². The fourth-order valence-electron chi connectivity index (χ4n) is 3.45. The van der Waals surface area contributed by atoms with Gasteiger partial charge in [0, 0.05) is 5.69 Å². The molecule has 33 heavy (non-hydrogen) atoms. The van der Waals surface area contributed by atoms with E-state index in [1.54, 1.807) is 6.92 Å². The summed E-state index contributed by atoms with van der Waals surface area (Å²) in [6.07, 6.45) is 1.33. The second kappa shape index (κ2) is 10.1. The standard InChI is InChI=1S/C24H24FN3O5/c1-5-6-19-21(22(29)28(27-19)17-10-8-16(25)9-11-17)14(2)26-20-13-15(23(30)32-3)7-12-18(20)24(31)33-4/h7-13,27H,5-6H2,1-4H3. The van der Waals surface area contributed by atoms with Gasteiger partial charge >= 0.3 is 11.9 Å². The van der Waals surface area contributed by atoms with E-state index in [0.29, 0.717) is 29.1 Å². The number of halogens is 1. The summed E-state index contributed by atoms with van der Waals surface area (Å²) < 4.78 is 24.2. The van der Waals surface area contributed by atoms with Crippen LogP contribution in [0.15, 0.2) is 52.3 Å². The van der Waals surface area contributed by atoms with Crippen molar-refractivity contribution >= 4 is 23.3 Å². The van der Waals surface area contributed by atoms with Gasteiger partial charge in [-0.25, -0.2) is 18.7 Å². The van der Waals surface area contributed by atoms with Crippen molar-refractivity contribution < 1.29 is 23.5 Å². The summed E-state index contributed by atoms with van der Waals surface area (Å²) in [4.78, 5) is 42.0. The number of rotatable bonds is 7. The number of aliphatic imine (C=N–C) groups is 1. The molecule has 8 nitrogen and oxygen atoms in total. The van der Waals surface area contributed by atoms with Crippen LogP contribution in [0.1, 0.15) is 52.2 Å². The van der Waals surface area contributed by atoms with E-state index < -0.39 is 17.8 Å². The minimum Gasteiger partial charge on any atom is -0.465 e. The van der Waals surface area contributed by atoms with Crippen molar-refractivity contribution in [3.63, 3.8) is 0 Å². The molecule has 9 heteroatoms.